The molecular formula is C17H14N2O2. The minimum absolute atomic E-state index is 0.0667. The molecule has 21 heavy (non-hydrogen) atoms. The summed E-state index contributed by atoms with van der Waals surface area (Å²) in [5.74, 6) is 0.593. The second kappa shape index (κ2) is 5.29. The number of nitriles is 1. The Labute approximate surface area is 123 Å². The molecule has 0 saturated heterocycles. The number of hydrogen-bond acceptors (Lipinski definition) is 3. The number of hydrogen-bond donors (Lipinski definition) is 0. The summed E-state index contributed by atoms with van der Waals surface area (Å²) in [6, 6.07) is 16.3. The smallest absolute Gasteiger partial charge is 0.258 e. The Morgan fingerprint density at radius 2 is 2.10 bits per heavy atom. The van der Waals surface area contributed by atoms with Gasteiger partial charge >= 0.3 is 0 Å². The number of rotatable bonds is 1. The van der Waals surface area contributed by atoms with Gasteiger partial charge in [0.25, 0.3) is 5.91 Å². The molecule has 3 rings (SSSR count). The molecule has 2 aromatic carbocycles. The molecule has 2 aromatic rings. The zero-order valence-corrected chi connectivity index (χ0v) is 11.6. The van der Waals surface area contributed by atoms with Crippen molar-refractivity contribution in [3.8, 4) is 11.8 Å². The van der Waals surface area contributed by atoms with E-state index in [1.165, 1.54) is 0 Å². The van der Waals surface area contributed by atoms with Gasteiger partial charge in [-0.1, -0.05) is 18.2 Å². The fourth-order valence-electron chi connectivity index (χ4n) is 2.46. The van der Waals surface area contributed by atoms with E-state index in [0.29, 0.717) is 23.4 Å². The van der Waals surface area contributed by atoms with Gasteiger partial charge in [-0.2, -0.15) is 5.26 Å². The first-order valence-electron chi connectivity index (χ1n) is 6.77. The SMILES string of the molecule is CC1CN(C(=O)c2cccc(C#N)c2)c2ccccc2O1. The summed E-state index contributed by atoms with van der Waals surface area (Å²) in [5.41, 5.74) is 1.76. The minimum Gasteiger partial charge on any atom is -0.487 e. The van der Waals surface area contributed by atoms with Crippen LogP contribution in [0.25, 0.3) is 0 Å². The molecule has 0 spiro atoms. The first-order chi connectivity index (χ1) is 10.2. The van der Waals surface area contributed by atoms with Gasteiger partial charge in [0.15, 0.2) is 0 Å². The van der Waals surface area contributed by atoms with Crippen LogP contribution in [0.15, 0.2) is 48.5 Å². The Kier molecular flexibility index (Phi) is 3.33. The van der Waals surface area contributed by atoms with Crippen molar-refractivity contribution in [2.45, 2.75) is 13.0 Å². The molecule has 0 aromatic heterocycles. The number of amides is 1. The van der Waals surface area contributed by atoms with E-state index in [1.54, 1.807) is 29.2 Å². The lowest BCUT2D eigenvalue weighted by Crippen LogP contribution is -2.42. The van der Waals surface area contributed by atoms with E-state index in [9.17, 15) is 4.79 Å². The molecule has 0 fully saturated rings. The summed E-state index contributed by atoms with van der Waals surface area (Å²) in [7, 11) is 0. The average molecular weight is 278 g/mol. The molecule has 0 aliphatic carbocycles. The van der Waals surface area contributed by atoms with Crippen LogP contribution < -0.4 is 9.64 Å². The van der Waals surface area contributed by atoms with Gasteiger partial charge in [0.2, 0.25) is 0 Å². The molecule has 1 heterocycles. The van der Waals surface area contributed by atoms with Gasteiger partial charge in [-0.3, -0.25) is 4.79 Å². The van der Waals surface area contributed by atoms with Crippen LogP contribution in [0.1, 0.15) is 22.8 Å². The van der Waals surface area contributed by atoms with Gasteiger partial charge in [0, 0.05) is 5.56 Å². The Bertz CT molecular complexity index is 734. The fourth-order valence-corrected chi connectivity index (χ4v) is 2.46. The van der Waals surface area contributed by atoms with E-state index in [4.69, 9.17) is 10.00 Å². The standard InChI is InChI=1S/C17H14N2O2/c1-12-11-19(15-7-2-3-8-16(15)21-12)17(20)14-6-4-5-13(9-14)10-18/h2-9,12H,11H2,1H3. The Morgan fingerprint density at radius 3 is 2.90 bits per heavy atom. The first kappa shape index (κ1) is 13.2. The van der Waals surface area contributed by atoms with Crippen LogP contribution >= 0.6 is 0 Å². The van der Waals surface area contributed by atoms with Gasteiger partial charge in [-0.05, 0) is 37.3 Å². The van der Waals surface area contributed by atoms with Crippen molar-refractivity contribution in [1.82, 2.24) is 0 Å². The van der Waals surface area contributed by atoms with Crippen molar-refractivity contribution in [3.05, 3.63) is 59.7 Å². The maximum atomic E-state index is 12.7. The first-order valence-corrected chi connectivity index (χ1v) is 6.77. The van der Waals surface area contributed by atoms with E-state index in [2.05, 4.69) is 6.07 Å². The van der Waals surface area contributed by atoms with Crippen LogP contribution in [-0.4, -0.2) is 18.6 Å². The van der Waals surface area contributed by atoms with Crippen molar-refractivity contribution in [2.24, 2.45) is 0 Å². The highest BCUT2D eigenvalue weighted by Crippen LogP contribution is 2.33. The molecule has 4 heteroatoms. The van der Waals surface area contributed by atoms with Crippen LogP contribution in [0.5, 0.6) is 5.75 Å². The van der Waals surface area contributed by atoms with Crippen LogP contribution in [0.3, 0.4) is 0 Å². The molecule has 1 aliphatic rings. The van der Waals surface area contributed by atoms with Gasteiger partial charge < -0.3 is 9.64 Å². The number of fused-ring (bicyclic) bond motifs is 1. The number of nitrogens with zero attached hydrogens (tertiary/aromatic N) is 2. The Balaban J connectivity index is 2.00. The maximum Gasteiger partial charge on any atom is 0.258 e. The number of ether oxygens (including phenoxy) is 1. The summed E-state index contributed by atoms with van der Waals surface area (Å²) in [5, 5.41) is 8.96. The minimum atomic E-state index is -0.116. The predicted molar refractivity (Wildman–Crippen MR) is 79.4 cm³/mol. The van der Waals surface area contributed by atoms with Crippen molar-refractivity contribution in [3.63, 3.8) is 0 Å². The third-order valence-corrected chi connectivity index (χ3v) is 3.41. The van der Waals surface area contributed by atoms with E-state index >= 15 is 0 Å². The summed E-state index contributed by atoms with van der Waals surface area (Å²) in [6.07, 6.45) is -0.0667. The topological polar surface area (TPSA) is 53.3 Å². The zero-order chi connectivity index (χ0) is 14.8. The molecule has 0 radical (unpaired) electrons. The van der Waals surface area contributed by atoms with Gasteiger partial charge in [-0.25, -0.2) is 0 Å². The molecule has 0 saturated carbocycles. The zero-order valence-electron chi connectivity index (χ0n) is 11.6. The molecule has 4 nitrogen and oxygen atoms in total. The summed E-state index contributed by atoms with van der Waals surface area (Å²) in [4.78, 5) is 14.4. The maximum absolute atomic E-state index is 12.7. The molecule has 104 valence electrons. The van der Waals surface area contributed by atoms with Gasteiger partial charge in [-0.15, -0.1) is 0 Å². The number of benzene rings is 2. The normalized spacial score (nSPS) is 16.6. The summed E-state index contributed by atoms with van der Waals surface area (Å²) >= 11 is 0. The average Bonchev–Trinajstić information content (AvgIpc) is 2.53. The van der Waals surface area contributed by atoms with Crippen LogP contribution in [0.2, 0.25) is 0 Å². The van der Waals surface area contributed by atoms with Crippen molar-refractivity contribution < 1.29 is 9.53 Å². The van der Waals surface area contributed by atoms with E-state index < -0.39 is 0 Å². The van der Waals surface area contributed by atoms with Gasteiger partial charge in [0.05, 0.1) is 23.9 Å². The molecule has 1 aliphatic heterocycles. The molecule has 1 amide bonds. The highest BCUT2D eigenvalue weighted by Gasteiger charge is 2.28. The van der Waals surface area contributed by atoms with Crippen LogP contribution in [-0.2, 0) is 0 Å². The molecule has 0 N–H and O–H groups in total. The molecular weight excluding hydrogens is 264 g/mol. The third-order valence-electron chi connectivity index (χ3n) is 3.41. The van der Waals surface area contributed by atoms with Crippen molar-refractivity contribution >= 4 is 11.6 Å². The predicted octanol–water partition coefficient (Wildman–Crippen LogP) is 2.99. The lowest BCUT2D eigenvalue weighted by atomic mass is 10.1. The molecule has 1 unspecified atom stereocenters. The quantitative estimate of drug-likeness (QED) is 0.805. The monoisotopic (exact) mass is 278 g/mol. The highest BCUT2D eigenvalue weighted by molar-refractivity contribution is 6.07. The number of carbonyl (C=O) groups excluding carboxylic acids is 1. The largest absolute Gasteiger partial charge is 0.487 e. The summed E-state index contributed by atoms with van der Waals surface area (Å²) < 4.78 is 5.75. The van der Waals surface area contributed by atoms with Crippen molar-refractivity contribution in [2.75, 3.05) is 11.4 Å². The number of anilines is 1. The van der Waals surface area contributed by atoms with Crippen molar-refractivity contribution in [1.29, 1.82) is 5.26 Å². The van der Waals surface area contributed by atoms with E-state index in [-0.39, 0.29) is 12.0 Å². The molecule has 1 atom stereocenters. The summed E-state index contributed by atoms with van der Waals surface area (Å²) in [6.45, 7) is 2.43. The second-order valence-electron chi connectivity index (χ2n) is 5.00. The number of carbonyl (C=O) groups is 1. The van der Waals surface area contributed by atoms with E-state index in [0.717, 1.165) is 5.69 Å². The second-order valence-corrected chi connectivity index (χ2v) is 5.00. The van der Waals surface area contributed by atoms with E-state index in [1.807, 2.05) is 31.2 Å². The highest BCUT2D eigenvalue weighted by atomic mass is 16.5. The third kappa shape index (κ3) is 2.46. The molecule has 0 bridgehead atoms. The Morgan fingerprint density at radius 1 is 1.29 bits per heavy atom. The Hall–Kier alpha value is -2.80. The van der Waals surface area contributed by atoms with Crippen LogP contribution in [0.4, 0.5) is 5.69 Å². The van der Waals surface area contributed by atoms with Crippen LogP contribution in [0, 0.1) is 11.3 Å². The number of para-hydroxylation sites is 2. The van der Waals surface area contributed by atoms with Gasteiger partial charge in [0.1, 0.15) is 11.9 Å². The lowest BCUT2D eigenvalue weighted by molar-refractivity contribution is 0.0961. The fraction of sp³-hybridized carbons (Fsp3) is 0.176. The lowest BCUT2D eigenvalue weighted by Gasteiger charge is -2.33.